The highest BCUT2D eigenvalue weighted by atomic mass is 19.4. The predicted molar refractivity (Wildman–Crippen MR) is 75.0 cm³/mol. The van der Waals surface area contributed by atoms with Crippen LogP contribution in [0.15, 0.2) is 36.4 Å². The summed E-state index contributed by atoms with van der Waals surface area (Å²) in [5.41, 5.74) is -4.29. The molecule has 0 aromatic heterocycles. The number of halogens is 6. The van der Waals surface area contributed by atoms with E-state index in [4.69, 9.17) is 9.47 Å². The van der Waals surface area contributed by atoms with E-state index >= 15 is 0 Å². The minimum Gasteiger partial charge on any atom is -0.493 e. The second kappa shape index (κ2) is 6.26. The van der Waals surface area contributed by atoms with Crippen LogP contribution in [-0.4, -0.2) is 14.2 Å². The molecule has 0 saturated heterocycles. The third-order valence-electron chi connectivity index (χ3n) is 3.35. The smallest absolute Gasteiger partial charge is 0.417 e. The van der Waals surface area contributed by atoms with Gasteiger partial charge in [0, 0.05) is 5.56 Å². The Labute approximate surface area is 133 Å². The first-order chi connectivity index (χ1) is 11.1. The molecule has 0 unspecified atom stereocenters. The molecular formula is C16H12F6O2. The minimum atomic E-state index is -5.20. The minimum absolute atomic E-state index is 0.0789. The summed E-state index contributed by atoms with van der Waals surface area (Å²) in [5, 5.41) is 0. The fourth-order valence-corrected chi connectivity index (χ4v) is 2.42. The van der Waals surface area contributed by atoms with Crippen molar-refractivity contribution in [3.63, 3.8) is 0 Å². The zero-order valence-corrected chi connectivity index (χ0v) is 12.5. The van der Waals surface area contributed by atoms with Crippen LogP contribution in [0, 0.1) is 0 Å². The van der Waals surface area contributed by atoms with Crippen molar-refractivity contribution in [2.24, 2.45) is 0 Å². The third-order valence-corrected chi connectivity index (χ3v) is 3.35. The fourth-order valence-electron chi connectivity index (χ4n) is 2.42. The summed E-state index contributed by atoms with van der Waals surface area (Å²) >= 11 is 0. The van der Waals surface area contributed by atoms with E-state index in [1.54, 1.807) is 0 Å². The summed E-state index contributed by atoms with van der Waals surface area (Å²) in [4.78, 5) is 0. The Morgan fingerprint density at radius 3 is 1.79 bits per heavy atom. The maximum Gasteiger partial charge on any atom is 0.417 e. The average molecular weight is 350 g/mol. The number of hydrogen-bond acceptors (Lipinski definition) is 2. The van der Waals surface area contributed by atoms with E-state index in [0.29, 0.717) is 6.07 Å². The van der Waals surface area contributed by atoms with Crippen LogP contribution in [0.25, 0.3) is 11.1 Å². The molecule has 0 radical (unpaired) electrons. The summed E-state index contributed by atoms with van der Waals surface area (Å²) in [6, 6.07) is 6.34. The number of hydrogen-bond donors (Lipinski definition) is 0. The van der Waals surface area contributed by atoms with Crippen molar-refractivity contribution >= 4 is 0 Å². The van der Waals surface area contributed by atoms with E-state index in [1.165, 1.54) is 32.4 Å². The van der Waals surface area contributed by atoms with Crippen molar-refractivity contribution < 1.29 is 35.8 Å². The fraction of sp³-hybridized carbons (Fsp3) is 0.250. The molecule has 2 aromatic rings. The first-order valence-corrected chi connectivity index (χ1v) is 6.60. The molecule has 2 rings (SSSR count). The normalized spacial score (nSPS) is 12.2. The summed E-state index contributed by atoms with van der Waals surface area (Å²) in [5.74, 6) is 0.0327. The Balaban J connectivity index is 2.87. The van der Waals surface area contributed by atoms with Gasteiger partial charge in [0.05, 0.1) is 25.3 Å². The van der Waals surface area contributed by atoms with Crippen molar-refractivity contribution in [1.82, 2.24) is 0 Å². The second-order valence-corrected chi connectivity index (χ2v) is 4.76. The van der Waals surface area contributed by atoms with Gasteiger partial charge in [0.15, 0.2) is 11.5 Å². The number of alkyl halides is 6. The standard InChI is InChI=1S/C16H12F6O2/c1-23-12-8-4-6-10(14(12)24-2)9-5-3-7-11(15(17,18)19)13(9)16(20,21)22/h3-8H,1-2H3. The molecule has 0 saturated carbocycles. The molecule has 8 heteroatoms. The molecule has 0 amide bonds. The van der Waals surface area contributed by atoms with Gasteiger partial charge in [-0.3, -0.25) is 0 Å². The van der Waals surface area contributed by atoms with Crippen LogP contribution in [0.3, 0.4) is 0 Å². The van der Waals surface area contributed by atoms with Crippen LogP contribution in [0.4, 0.5) is 26.3 Å². The molecule has 24 heavy (non-hydrogen) atoms. The van der Waals surface area contributed by atoms with E-state index in [0.717, 1.165) is 12.1 Å². The van der Waals surface area contributed by atoms with Gasteiger partial charge in [-0.2, -0.15) is 26.3 Å². The van der Waals surface area contributed by atoms with Gasteiger partial charge in [0.2, 0.25) is 0 Å². The maximum atomic E-state index is 13.4. The molecule has 0 bridgehead atoms. The van der Waals surface area contributed by atoms with Gasteiger partial charge in [-0.25, -0.2) is 0 Å². The molecule has 0 spiro atoms. The summed E-state index contributed by atoms with van der Waals surface area (Å²) in [6.07, 6.45) is -10.3. The van der Waals surface area contributed by atoms with Gasteiger partial charge >= 0.3 is 12.4 Å². The Kier molecular flexibility index (Phi) is 4.68. The topological polar surface area (TPSA) is 18.5 Å². The SMILES string of the molecule is COc1cccc(-c2cccc(C(F)(F)F)c2C(F)(F)F)c1OC. The Morgan fingerprint density at radius 2 is 1.29 bits per heavy atom. The van der Waals surface area contributed by atoms with Crippen molar-refractivity contribution in [3.8, 4) is 22.6 Å². The van der Waals surface area contributed by atoms with E-state index in [1.807, 2.05) is 0 Å². The summed E-state index contributed by atoms with van der Waals surface area (Å²) in [7, 11) is 2.47. The van der Waals surface area contributed by atoms with Gasteiger partial charge in [-0.15, -0.1) is 0 Å². The van der Waals surface area contributed by atoms with Gasteiger partial charge in [0.25, 0.3) is 0 Å². The highest BCUT2D eigenvalue weighted by molar-refractivity contribution is 5.77. The van der Waals surface area contributed by atoms with E-state index in [9.17, 15) is 26.3 Å². The maximum absolute atomic E-state index is 13.4. The van der Waals surface area contributed by atoms with Crippen molar-refractivity contribution in [1.29, 1.82) is 0 Å². The molecule has 2 nitrogen and oxygen atoms in total. The van der Waals surface area contributed by atoms with Crippen molar-refractivity contribution in [2.45, 2.75) is 12.4 Å². The molecule has 0 aliphatic heterocycles. The molecule has 0 aliphatic rings. The monoisotopic (exact) mass is 350 g/mol. The van der Waals surface area contributed by atoms with Gasteiger partial charge in [-0.1, -0.05) is 24.3 Å². The molecule has 0 atom stereocenters. The van der Waals surface area contributed by atoms with Crippen LogP contribution < -0.4 is 9.47 Å². The number of para-hydroxylation sites is 1. The molecule has 0 aliphatic carbocycles. The lowest BCUT2D eigenvalue weighted by Gasteiger charge is -2.21. The quantitative estimate of drug-likeness (QED) is 0.689. The molecular weight excluding hydrogens is 338 g/mol. The zero-order valence-electron chi connectivity index (χ0n) is 12.5. The molecule has 0 N–H and O–H groups in total. The van der Waals surface area contributed by atoms with E-state index < -0.39 is 29.0 Å². The van der Waals surface area contributed by atoms with Crippen molar-refractivity contribution in [3.05, 3.63) is 47.5 Å². The molecule has 130 valence electrons. The van der Waals surface area contributed by atoms with Crippen LogP contribution in [-0.2, 0) is 12.4 Å². The lowest BCUT2D eigenvalue weighted by atomic mass is 9.93. The first-order valence-electron chi connectivity index (χ1n) is 6.60. The lowest BCUT2D eigenvalue weighted by molar-refractivity contribution is -0.161. The number of rotatable bonds is 3. The zero-order chi connectivity index (χ0) is 18.1. The summed E-state index contributed by atoms with van der Waals surface area (Å²) < 4.78 is 89.3. The lowest BCUT2D eigenvalue weighted by Crippen LogP contribution is -2.18. The van der Waals surface area contributed by atoms with Gasteiger partial charge < -0.3 is 9.47 Å². The van der Waals surface area contributed by atoms with Gasteiger partial charge in [0.1, 0.15) is 0 Å². The molecule has 0 heterocycles. The third kappa shape index (κ3) is 3.27. The average Bonchev–Trinajstić information content (AvgIpc) is 2.51. The van der Waals surface area contributed by atoms with E-state index in [2.05, 4.69) is 0 Å². The number of ether oxygens (including phenoxy) is 2. The second-order valence-electron chi connectivity index (χ2n) is 4.76. The highest BCUT2D eigenvalue weighted by Crippen LogP contribution is 2.48. The number of benzene rings is 2. The number of methoxy groups -OCH3 is 2. The largest absolute Gasteiger partial charge is 0.493 e. The molecule has 2 aromatic carbocycles. The Morgan fingerprint density at radius 1 is 0.708 bits per heavy atom. The van der Waals surface area contributed by atoms with Crippen LogP contribution in [0.2, 0.25) is 0 Å². The first kappa shape index (κ1) is 18.0. The predicted octanol–water partition coefficient (Wildman–Crippen LogP) is 5.41. The Bertz CT molecular complexity index is 734. The van der Waals surface area contributed by atoms with E-state index in [-0.39, 0.29) is 17.1 Å². The van der Waals surface area contributed by atoms with Crippen LogP contribution in [0.5, 0.6) is 11.5 Å². The van der Waals surface area contributed by atoms with Crippen LogP contribution >= 0.6 is 0 Å². The van der Waals surface area contributed by atoms with Crippen LogP contribution in [0.1, 0.15) is 11.1 Å². The Hall–Kier alpha value is -2.38. The summed E-state index contributed by atoms with van der Waals surface area (Å²) in [6.45, 7) is 0. The molecule has 0 fully saturated rings. The van der Waals surface area contributed by atoms with Crippen molar-refractivity contribution in [2.75, 3.05) is 14.2 Å². The highest BCUT2D eigenvalue weighted by Gasteiger charge is 2.45. The van der Waals surface area contributed by atoms with Gasteiger partial charge in [-0.05, 0) is 17.7 Å².